The molecule has 90 valence electrons. The molecule has 0 N–H and O–H groups in total. The third kappa shape index (κ3) is 1.76. The molecule has 0 spiro atoms. The van der Waals surface area contributed by atoms with Crippen LogP contribution in [-0.4, -0.2) is 4.57 Å². The van der Waals surface area contributed by atoms with Crippen LogP contribution in [0.2, 0.25) is 5.02 Å². The smallest absolute Gasteiger partial charge is 0.301 e. The van der Waals surface area contributed by atoms with Gasteiger partial charge in [0.05, 0.1) is 10.2 Å². The van der Waals surface area contributed by atoms with E-state index in [1.807, 2.05) is 42.5 Å². The van der Waals surface area contributed by atoms with Crippen molar-refractivity contribution in [2.45, 2.75) is 0 Å². The third-order valence-electron chi connectivity index (χ3n) is 2.96. The predicted octanol–water partition coefficient (Wildman–Crippen LogP) is 3.92. The molecule has 18 heavy (non-hydrogen) atoms. The number of hydrogen-bond acceptors (Lipinski definition) is 2. The van der Waals surface area contributed by atoms with Crippen molar-refractivity contribution in [3.05, 3.63) is 57.2 Å². The average Bonchev–Trinajstić information content (AvgIpc) is 2.66. The maximum atomic E-state index is 11.7. The van der Waals surface area contributed by atoms with E-state index < -0.39 is 0 Å². The highest BCUT2D eigenvalue weighted by Crippen LogP contribution is 2.30. The Labute approximate surface area is 113 Å². The van der Waals surface area contributed by atoms with Gasteiger partial charge in [-0.3, -0.25) is 4.79 Å². The lowest BCUT2D eigenvalue weighted by Crippen LogP contribution is -2.07. The van der Waals surface area contributed by atoms with Crippen LogP contribution in [-0.2, 0) is 7.05 Å². The van der Waals surface area contributed by atoms with Gasteiger partial charge in [-0.1, -0.05) is 47.2 Å². The SMILES string of the molecule is Cn1c(=O)sc2cccc(-c3ccc(Cl)cc3)c21. The molecular weight excluding hydrogens is 266 g/mol. The first-order valence-electron chi connectivity index (χ1n) is 5.51. The fourth-order valence-electron chi connectivity index (χ4n) is 2.07. The van der Waals surface area contributed by atoms with Gasteiger partial charge >= 0.3 is 4.87 Å². The van der Waals surface area contributed by atoms with Crippen molar-refractivity contribution in [1.82, 2.24) is 4.57 Å². The maximum Gasteiger partial charge on any atom is 0.307 e. The summed E-state index contributed by atoms with van der Waals surface area (Å²) < 4.78 is 2.71. The minimum absolute atomic E-state index is 0.0615. The van der Waals surface area contributed by atoms with Gasteiger partial charge in [0.1, 0.15) is 0 Å². The monoisotopic (exact) mass is 275 g/mol. The van der Waals surface area contributed by atoms with E-state index in [1.54, 1.807) is 11.6 Å². The van der Waals surface area contributed by atoms with Crippen molar-refractivity contribution in [3.63, 3.8) is 0 Å². The summed E-state index contributed by atoms with van der Waals surface area (Å²) in [5.74, 6) is 0. The second-order valence-electron chi connectivity index (χ2n) is 4.09. The second-order valence-corrected chi connectivity index (χ2v) is 5.52. The number of hydrogen-bond donors (Lipinski definition) is 0. The van der Waals surface area contributed by atoms with Crippen molar-refractivity contribution in [2.24, 2.45) is 7.05 Å². The van der Waals surface area contributed by atoms with E-state index in [-0.39, 0.29) is 4.87 Å². The molecule has 0 aliphatic rings. The fourth-order valence-corrected chi connectivity index (χ4v) is 3.10. The van der Waals surface area contributed by atoms with Gasteiger partial charge < -0.3 is 4.57 Å². The molecule has 1 heterocycles. The number of aromatic nitrogens is 1. The van der Waals surface area contributed by atoms with Gasteiger partial charge in [-0.25, -0.2) is 0 Å². The number of thiazole rings is 1. The van der Waals surface area contributed by atoms with Crippen LogP contribution in [0.25, 0.3) is 21.3 Å². The first kappa shape index (κ1) is 11.5. The van der Waals surface area contributed by atoms with Crippen molar-refractivity contribution < 1.29 is 0 Å². The highest BCUT2D eigenvalue weighted by molar-refractivity contribution is 7.16. The number of para-hydroxylation sites is 1. The predicted molar refractivity (Wildman–Crippen MR) is 77.5 cm³/mol. The Kier molecular flexibility index (Phi) is 2.73. The Bertz CT molecular complexity index is 771. The lowest BCUT2D eigenvalue weighted by Gasteiger charge is -2.05. The quantitative estimate of drug-likeness (QED) is 0.660. The van der Waals surface area contributed by atoms with Crippen molar-refractivity contribution in [1.29, 1.82) is 0 Å². The van der Waals surface area contributed by atoms with Gasteiger partial charge in [0.2, 0.25) is 0 Å². The molecule has 0 unspecified atom stereocenters. The van der Waals surface area contributed by atoms with Gasteiger partial charge in [-0.15, -0.1) is 0 Å². The zero-order valence-corrected chi connectivity index (χ0v) is 11.3. The number of benzene rings is 2. The maximum absolute atomic E-state index is 11.7. The van der Waals surface area contributed by atoms with Crippen LogP contribution in [0.4, 0.5) is 0 Å². The summed E-state index contributed by atoms with van der Waals surface area (Å²) in [6.45, 7) is 0. The Morgan fingerprint density at radius 3 is 2.56 bits per heavy atom. The van der Waals surface area contributed by atoms with E-state index >= 15 is 0 Å². The summed E-state index contributed by atoms with van der Waals surface area (Å²) >= 11 is 7.17. The average molecular weight is 276 g/mol. The third-order valence-corrected chi connectivity index (χ3v) is 4.21. The van der Waals surface area contributed by atoms with Gasteiger partial charge in [-0.2, -0.15) is 0 Å². The molecule has 2 aromatic carbocycles. The normalized spacial score (nSPS) is 11.0. The zero-order chi connectivity index (χ0) is 12.7. The molecule has 3 aromatic rings. The molecule has 0 radical (unpaired) electrons. The molecule has 1 aromatic heterocycles. The highest BCUT2D eigenvalue weighted by Gasteiger charge is 2.10. The highest BCUT2D eigenvalue weighted by atomic mass is 35.5. The Morgan fingerprint density at radius 2 is 1.83 bits per heavy atom. The van der Waals surface area contributed by atoms with Crippen LogP contribution >= 0.6 is 22.9 Å². The van der Waals surface area contributed by atoms with Crippen LogP contribution in [0.1, 0.15) is 0 Å². The molecule has 4 heteroatoms. The molecule has 0 atom stereocenters. The minimum atomic E-state index is 0.0615. The Morgan fingerprint density at radius 1 is 1.11 bits per heavy atom. The van der Waals surface area contributed by atoms with Gasteiger partial charge in [0.25, 0.3) is 0 Å². The molecule has 0 bridgehead atoms. The topological polar surface area (TPSA) is 22.0 Å². The molecule has 2 nitrogen and oxygen atoms in total. The van der Waals surface area contributed by atoms with E-state index in [0.29, 0.717) is 5.02 Å². The van der Waals surface area contributed by atoms with E-state index in [0.717, 1.165) is 21.3 Å². The van der Waals surface area contributed by atoms with Crippen LogP contribution in [0.15, 0.2) is 47.3 Å². The van der Waals surface area contributed by atoms with Crippen LogP contribution in [0.5, 0.6) is 0 Å². The lowest BCUT2D eigenvalue weighted by atomic mass is 10.0. The van der Waals surface area contributed by atoms with Gasteiger partial charge in [0.15, 0.2) is 0 Å². The van der Waals surface area contributed by atoms with Crippen molar-refractivity contribution >= 4 is 33.2 Å². The first-order valence-corrected chi connectivity index (χ1v) is 6.71. The van der Waals surface area contributed by atoms with Crippen molar-refractivity contribution in [2.75, 3.05) is 0 Å². The molecule has 0 saturated heterocycles. The number of nitrogens with zero attached hydrogens (tertiary/aromatic N) is 1. The molecule has 3 rings (SSSR count). The summed E-state index contributed by atoms with van der Waals surface area (Å²) in [5, 5.41) is 0.713. The minimum Gasteiger partial charge on any atom is -0.301 e. The van der Waals surface area contributed by atoms with E-state index in [4.69, 9.17) is 11.6 Å². The second kappa shape index (κ2) is 4.26. The first-order chi connectivity index (χ1) is 8.66. The van der Waals surface area contributed by atoms with Crippen molar-refractivity contribution in [3.8, 4) is 11.1 Å². The van der Waals surface area contributed by atoms with Crippen LogP contribution in [0, 0.1) is 0 Å². The van der Waals surface area contributed by atoms with E-state index in [1.165, 1.54) is 11.3 Å². The standard InChI is InChI=1S/C14H10ClNOS/c1-16-13-11(9-5-7-10(15)8-6-9)3-2-4-12(13)18-14(16)17/h2-8H,1H3. The lowest BCUT2D eigenvalue weighted by molar-refractivity contribution is 0.939. The molecule has 0 aliphatic carbocycles. The zero-order valence-electron chi connectivity index (χ0n) is 9.68. The molecule has 0 fully saturated rings. The summed E-state index contributed by atoms with van der Waals surface area (Å²) in [7, 11) is 1.81. The summed E-state index contributed by atoms with van der Waals surface area (Å²) in [6.07, 6.45) is 0. The Balaban J connectivity index is 2.35. The van der Waals surface area contributed by atoms with E-state index in [9.17, 15) is 4.79 Å². The van der Waals surface area contributed by atoms with E-state index in [2.05, 4.69) is 0 Å². The number of fused-ring (bicyclic) bond motifs is 1. The molecule has 0 amide bonds. The van der Waals surface area contributed by atoms with Crippen LogP contribution in [0.3, 0.4) is 0 Å². The largest absolute Gasteiger partial charge is 0.307 e. The van der Waals surface area contributed by atoms with Gasteiger partial charge in [-0.05, 0) is 23.8 Å². The molecule has 0 aliphatic heterocycles. The summed E-state index contributed by atoms with van der Waals surface area (Å²) in [6, 6.07) is 13.6. The number of aryl methyl sites for hydroxylation is 1. The fraction of sp³-hybridized carbons (Fsp3) is 0.0714. The summed E-state index contributed by atoms with van der Waals surface area (Å²) in [4.78, 5) is 11.8. The Hall–Kier alpha value is -1.58. The number of halogens is 1. The number of rotatable bonds is 1. The summed E-state index contributed by atoms with van der Waals surface area (Å²) in [5.41, 5.74) is 3.11. The molecule has 0 saturated carbocycles. The van der Waals surface area contributed by atoms with Crippen LogP contribution < -0.4 is 4.87 Å². The van der Waals surface area contributed by atoms with Gasteiger partial charge in [0, 0.05) is 17.6 Å². The molecular formula is C14H10ClNOS.